The van der Waals surface area contributed by atoms with Crippen molar-refractivity contribution < 1.29 is 23.1 Å². The standard InChI is InChI=1S/C18H15F3N2O2/c1-9(8-24)23-18(25)17-14(20)4-10(5-15(17)21)13-7-22-16-6-11(19)2-3-12(13)16/h2-7,9,22,24H,8H2,1H3,(H,23,25)/t9-/m1/s1. The molecule has 0 fully saturated rings. The van der Waals surface area contributed by atoms with Gasteiger partial charge in [0.05, 0.1) is 6.61 Å². The van der Waals surface area contributed by atoms with E-state index >= 15 is 0 Å². The summed E-state index contributed by atoms with van der Waals surface area (Å²) in [7, 11) is 0. The molecule has 0 bridgehead atoms. The minimum atomic E-state index is -1.02. The molecule has 0 saturated carbocycles. The fraction of sp³-hybridized carbons (Fsp3) is 0.167. The molecule has 3 N–H and O–H groups in total. The number of nitrogens with one attached hydrogen (secondary N) is 2. The van der Waals surface area contributed by atoms with Crippen molar-refractivity contribution in [1.29, 1.82) is 0 Å². The molecule has 7 heteroatoms. The molecule has 130 valence electrons. The minimum absolute atomic E-state index is 0.222. The molecule has 1 aromatic heterocycles. The number of halogens is 3. The van der Waals surface area contributed by atoms with E-state index < -0.39 is 35.0 Å². The van der Waals surface area contributed by atoms with Crippen LogP contribution in [0.4, 0.5) is 13.2 Å². The molecule has 0 saturated heterocycles. The average molecular weight is 348 g/mol. The van der Waals surface area contributed by atoms with Crippen LogP contribution >= 0.6 is 0 Å². The van der Waals surface area contributed by atoms with Crippen molar-refractivity contribution in [3.63, 3.8) is 0 Å². The second kappa shape index (κ2) is 6.60. The summed E-state index contributed by atoms with van der Waals surface area (Å²) in [5, 5.41) is 11.8. The van der Waals surface area contributed by atoms with Gasteiger partial charge in [0.25, 0.3) is 5.91 Å². The topological polar surface area (TPSA) is 65.1 Å². The van der Waals surface area contributed by atoms with Crippen LogP contribution in [0.3, 0.4) is 0 Å². The maximum atomic E-state index is 14.3. The quantitative estimate of drug-likeness (QED) is 0.677. The van der Waals surface area contributed by atoms with Crippen molar-refractivity contribution >= 4 is 16.8 Å². The van der Waals surface area contributed by atoms with Gasteiger partial charge < -0.3 is 15.4 Å². The molecule has 2 aromatic carbocycles. The van der Waals surface area contributed by atoms with Gasteiger partial charge in [-0.2, -0.15) is 0 Å². The monoisotopic (exact) mass is 348 g/mol. The molecule has 4 nitrogen and oxygen atoms in total. The Bertz CT molecular complexity index is 930. The van der Waals surface area contributed by atoms with E-state index in [0.717, 1.165) is 12.1 Å². The van der Waals surface area contributed by atoms with Gasteiger partial charge in [0.1, 0.15) is 23.0 Å². The molecule has 1 atom stereocenters. The first-order valence-electron chi connectivity index (χ1n) is 7.58. The van der Waals surface area contributed by atoms with E-state index in [-0.39, 0.29) is 12.2 Å². The number of aliphatic hydroxyl groups is 1. The molecule has 0 aliphatic rings. The van der Waals surface area contributed by atoms with E-state index in [1.54, 1.807) is 0 Å². The van der Waals surface area contributed by atoms with Crippen molar-refractivity contribution in [2.24, 2.45) is 0 Å². The number of benzene rings is 2. The molecule has 0 radical (unpaired) electrons. The Morgan fingerprint density at radius 2 is 1.88 bits per heavy atom. The van der Waals surface area contributed by atoms with E-state index in [0.29, 0.717) is 16.5 Å². The SMILES string of the molecule is C[C@H](CO)NC(=O)c1c(F)cc(-c2c[nH]c3cc(F)ccc23)cc1F. The van der Waals surface area contributed by atoms with Gasteiger partial charge >= 0.3 is 0 Å². The number of fused-ring (bicyclic) bond motifs is 1. The smallest absolute Gasteiger partial charge is 0.257 e. The number of aliphatic hydroxyl groups excluding tert-OH is 1. The van der Waals surface area contributed by atoms with Gasteiger partial charge in [0.15, 0.2) is 0 Å². The maximum Gasteiger partial charge on any atom is 0.257 e. The van der Waals surface area contributed by atoms with E-state index in [2.05, 4.69) is 10.3 Å². The van der Waals surface area contributed by atoms with E-state index in [1.807, 2.05) is 0 Å². The third kappa shape index (κ3) is 3.23. The van der Waals surface area contributed by atoms with Crippen LogP contribution in [0.2, 0.25) is 0 Å². The number of hydrogen-bond acceptors (Lipinski definition) is 2. The van der Waals surface area contributed by atoms with Crippen LogP contribution < -0.4 is 5.32 Å². The van der Waals surface area contributed by atoms with E-state index in [1.165, 1.54) is 31.3 Å². The van der Waals surface area contributed by atoms with Crippen LogP contribution in [0.15, 0.2) is 36.5 Å². The average Bonchev–Trinajstić information content (AvgIpc) is 2.96. The Labute approximate surface area is 141 Å². The van der Waals surface area contributed by atoms with Gasteiger partial charge in [0, 0.05) is 28.7 Å². The number of aromatic nitrogens is 1. The molecular weight excluding hydrogens is 333 g/mol. The zero-order chi connectivity index (χ0) is 18.1. The van der Waals surface area contributed by atoms with Crippen LogP contribution in [-0.2, 0) is 0 Å². The van der Waals surface area contributed by atoms with Crippen LogP contribution in [0.1, 0.15) is 17.3 Å². The molecule has 0 unspecified atom stereocenters. The van der Waals surface area contributed by atoms with E-state index in [9.17, 15) is 18.0 Å². The highest BCUT2D eigenvalue weighted by molar-refractivity contribution is 5.98. The Balaban J connectivity index is 2.03. The van der Waals surface area contributed by atoms with E-state index in [4.69, 9.17) is 5.11 Å². The number of aromatic amines is 1. The minimum Gasteiger partial charge on any atom is -0.394 e. The maximum absolute atomic E-state index is 14.3. The van der Waals surface area contributed by atoms with Gasteiger partial charge in [-0.3, -0.25) is 4.79 Å². The van der Waals surface area contributed by atoms with Crippen molar-refractivity contribution in [3.05, 3.63) is 59.5 Å². The molecule has 3 rings (SSSR count). The lowest BCUT2D eigenvalue weighted by molar-refractivity contribution is 0.0914. The second-order valence-corrected chi connectivity index (χ2v) is 5.76. The zero-order valence-electron chi connectivity index (χ0n) is 13.2. The van der Waals surface area contributed by atoms with Gasteiger partial charge in [-0.05, 0) is 42.8 Å². The lowest BCUT2D eigenvalue weighted by Crippen LogP contribution is -2.36. The van der Waals surface area contributed by atoms with Gasteiger partial charge in [0.2, 0.25) is 0 Å². The van der Waals surface area contributed by atoms with Crippen LogP contribution in [0, 0.1) is 17.5 Å². The zero-order valence-corrected chi connectivity index (χ0v) is 13.2. The van der Waals surface area contributed by atoms with Gasteiger partial charge in [-0.1, -0.05) is 0 Å². The molecule has 0 spiro atoms. The highest BCUT2D eigenvalue weighted by atomic mass is 19.1. The Morgan fingerprint density at radius 1 is 1.20 bits per heavy atom. The van der Waals surface area contributed by atoms with Crippen molar-refractivity contribution in [2.75, 3.05) is 6.61 Å². The third-order valence-electron chi connectivity index (χ3n) is 3.88. The van der Waals surface area contributed by atoms with Crippen molar-refractivity contribution in [1.82, 2.24) is 10.3 Å². The van der Waals surface area contributed by atoms with Crippen LogP contribution in [-0.4, -0.2) is 28.6 Å². The first-order chi connectivity index (χ1) is 11.9. The number of H-pyrrole nitrogens is 1. The highest BCUT2D eigenvalue weighted by Crippen LogP contribution is 2.31. The Kier molecular flexibility index (Phi) is 4.50. The molecule has 1 heterocycles. The molecule has 0 aliphatic heterocycles. The Hall–Kier alpha value is -2.80. The number of rotatable bonds is 4. The summed E-state index contributed by atoms with van der Waals surface area (Å²) in [6.45, 7) is 1.16. The fourth-order valence-electron chi connectivity index (χ4n) is 2.62. The first kappa shape index (κ1) is 17.0. The largest absolute Gasteiger partial charge is 0.394 e. The molecular formula is C18H15F3N2O2. The third-order valence-corrected chi connectivity index (χ3v) is 3.88. The number of carbonyl (C=O) groups is 1. The number of hydrogen-bond donors (Lipinski definition) is 3. The summed E-state index contributed by atoms with van der Waals surface area (Å²) in [4.78, 5) is 14.8. The van der Waals surface area contributed by atoms with Crippen LogP contribution in [0.25, 0.3) is 22.0 Å². The molecule has 0 aliphatic carbocycles. The predicted octanol–water partition coefficient (Wildman–Crippen LogP) is 3.36. The lowest BCUT2D eigenvalue weighted by atomic mass is 10.0. The normalized spacial score (nSPS) is 12.4. The number of carbonyl (C=O) groups excluding carboxylic acids is 1. The number of amides is 1. The molecule has 3 aromatic rings. The summed E-state index contributed by atoms with van der Waals surface area (Å²) < 4.78 is 41.9. The summed E-state index contributed by atoms with van der Waals surface area (Å²) in [5.74, 6) is -3.41. The predicted molar refractivity (Wildman–Crippen MR) is 87.6 cm³/mol. The van der Waals surface area contributed by atoms with Crippen molar-refractivity contribution in [2.45, 2.75) is 13.0 Å². The lowest BCUT2D eigenvalue weighted by Gasteiger charge is -2.12. The summed E-state index contributed by atoms with van der Waals surface area (Å²) >= 11 is 0. The molecule has 1 amide bonds. The highest BCUT2D eigenvalue weighted by Gasteiger charge is 2.21. The molecule has 25 heavy (non-hydrogen) atoms. The van der Waals surface area contributed by atoms with Gasteiger partial charge in [-0.15, -0.1) is 0 Å². The Morgan fingerprint density at radius 3 is 2.52 bits per heavy atom. The summed E-state index contributed by atoms with van der Waals surface area (Å²) in [6, 6.07) is 5.51. The first-order valence-corrected chi connectivity index (χ1v) is 7.58. The van der Waals surface area contributed by atoms with Crippen LogP contribution in [0.5, 0.6) is 0 Å². The summed E-state index contributed by atoms with van der Waals surface area (Å²) in [5.41, 5.74) is 0.493. The second-order valence-electron chi connectivity index (χ2n) is 5.76. The van der Waals surface area contributed by atoms with Gasteiger partial charge in [-0.25, -0.2) is 13.2 Å². The van der Waals surface area contributed by atoms with Crippen molar-refractivity contribution in [3.8, 4) is 11.1 Å². The summed E-state index contributed by atoms with van der Waals surface area (Å²) in [6.07, 6.45) is 1.52. The fourth-order valence-corrected chi connectivity index (χ4v) is 2.62.